The number of para-hydroxylation sites is 1. The van der Waals surface area contributed by atoms with Crippen molar-refractivity contribution < 1.29 is 19.5 Å². The number of hydrogen-bond acceptors (Lipinski definition) is 6. The van der Waals surface area contributed by atoms with Crippen LogP contribution in [0.2, 0.25) is 0 Å². The Morgan fingerprint density at radius 3 is 2.73 bits per heavy atom. The Kier molecular flexibility index (Phi) is 5.35. The zero-order valence-electron chi connectivity index (χ0n) is 16.2. The minimum Gasteiger partial charge on any atom is -0.489 e. The molecule has 8 nitrogen and oxygen atoms in total. The highest BCUT2D eigenvalue weighted by molar-refractivity contribution is 5.92. The Bertz CT molecular complexity index is 1080. The smallest absolute Gasteiger partial charge is 0.262 e. The van der Waals surface area contributed by atoms with Crippen molar-refractivity contribution in [2.45, 2.75) is 18.6 Å². The van der Waals surface area contributed by atoms with E-state index in [0.717, 1.165) is 16.5 Å². The topological polar surface area (TPSA) is 118 Å². The van der Waals surface area contributed by atoms with Crippen molar-refractivity contribution in [3.63, 3.8) is 0 Å². The number of likely N-dealkylation sites (tertiary alicyclic amines) is 1. The zero-order valence-corrected chi connectivity index (χ0v) is 16.2. The lowest BCUT2D eigenvalue weighted by molar-refractivity contribution is -0.139. The van der Waals surface area contributed by atoms with E-state index in [1.807, 2.05) is 30.3 Å². The number of carbonyl (C=O) groups excluding carboxylic acids is 2. The molecule has 1 aliphatic heterocycles. The van der Waals surface area contributed by atoms with Crippen LogP contribution in [-0.2, 0) is 21.7 Å². The third kappa shape index (κ3) is 3.70. The molecular formula is C22H22N4O4. The highest BCUT2D eigenvalue weighted by Crippen LogP contribution is 2.32. The second-order valence-corrected chi connectivity index (χ2v) is 7.28. The van der Waals surface area contributed by atoms with Crippen molar-refractivity contribution in [1.82, 2.24) is 15.4 Å². The molecule has 4 N–H and O–H groups in total. The quantitative estimate of drug-likeness (QED) is 0.424. The number of hydrogen-bond donors (Lipinski definition) is 3. The third-order valence-corrected chi connectivity index (χ3v) is 5.41. The van der Waals surface area contributed by atoms with Crippen molar-refractivity contribution in [2.75, 3.05) is 13.1 Å². The fourth-order valence-corrected chi connectivity index (χ4v) is 3.72. The first-order valence-electron chi connectivity index (χ1n) is 9.58. The van der Waals surface area contributed by atoms with Crippen LogP contribution in [0.25, 0.3) is 10.9 Å². The Morgan fingerprint density at radius 2 is 1.97 bits per heavy atom. The van der Waals surface area contributed by atoms with Crippen molar-refractivity contribution in [1.29, 1.82) is 0 Å². The maximum Gasteiger partial charge on any atom is 0.262 e. The number of nitrogens with two attached hydrogens (primary N) is 1. The number of benzene rings is 2. The molecule has 154 valence electrons. The van der Waals surface area contributed by atoms with Gasteiger partial charge in [0.15, 0.2) is 0 Å². The number of amides is 2. The summed E-state index contributed by atoms with van der Waals surface area (Å²) in [5, 5.41) is 9.71. The largest absolute Gasteiger partial charge is 0.489 e. The van der Waals surface area contributed by atoms with Gasteiger partial charge in [0, 0.05) is 23.7 Å². The first-order chi connectivity index (χ1) is 14.5. The molecule has 1 atom stereocenters. The molecule has 0 radical (unpaired) electrons. The Balaban J connectivity index is 1.45. The molecule has 2 heterocycles. The van der Waals surface area contributed by atoms with E-state index in [9.17, 15) is 9.59 Å². The van der Waals surface area contributed by atoms with Gasteiger partial charge in [-0.1, -0.05) is 30.3 Å². The summed E-state index contributed by atoms with van der Waals surface area (Å²) in [4.78, 5) is 29.8. The molecule has 30 heavy (non-hydrogen) atoms. The monoisotopic (exact) mass is 406 g/mol. The molecule has 2 amide bonds. The Hall–Kier alpha value is -3.49. The van der Waals surface area contributed by atoms with E-state index in [1.54, 1.807) is 30.5 Å². The van der Waals surface area contributed by atoms with Gasteiger partial charge in [-0.15, -0.1) is 0 Å². The molecule has 0 bridgehead atoms. The highest BCUT2D eigenvalue weighted by Gasteiger charge is 2.45. The van der Waals surface area contributed by atoms with E-state index in [-0.39, 0.29) is 12.5 Å². The summed E-state index contributed by atoms with van der Waals surface area (Å²) in [7, 11) is 0. The molecule has 4 rings (SSSR count). The molecule has 1 saturated heterocycles. The molecule has 2 aromatic carbocycles. The minimum atomic E-state index is -1.20. The summed E-state index contributed by atoms with van der Waals surface area (Å²) < 4.78 is 5.92. The van der Waals surface area contributed by atoms with E-state index >= 15 is 0 Å². The summed E-state index contributed by atoms with van der Waals surface area (Å²) in [5.41, 5.74) is 9.31. The van der Waals surface area contributed by atoms with Crippen molar-refractivity contribution >= 4 is 22.7 Å². The van der Waals surface area contributed by atoms with E-state index < -0.39 is 11.4 Å². The van der Waals surface area contributed by atoms with Crippen LogP contribution < -0.4 is 16.0 Å². The maximum atomic E-state index is 12.7. The van der Waals surface area contributed by atoms with E-state index in [0.29, 0.717) is 30.9 Å². The normalized spacial score (nSPS) is 18.6. The van der Waals surface area contributed by atoms with Gasteiger partial charge < -0.3 is 15.4 Å². The SMILES string of the molecule is NC1(c2ccc(OCc3ccnc4ccccc34)cc2)CCN(CC(=O)NO)C1=O. The summed E-state index contributed by atoms with van der Waals surface area (Å²) >= 11 is 0. The van der Waals surface area contributed by atoms with Crippen LogP contribution in [0.3, 0.4) is 0 Å². The Labute approximate surface area is 173 Å². The molecule has 1 unspecified atom stereocenters. The van der Waals surface area contributed by atoms with Crippen LogP contribution in [0, 0.1) is 0 Å². The molecule has 1 aliphatic rings. The summed E-state index contributed by atoms with van der Waals surface area (Å²) in [6, 6.07) is 16.9. The second-order valence-electron chi connectivity index (χ2n) is 7.28. The molecule has 1 fully saturated rings. The summed E-state index contributed by atoms with van der Waals surface area (Å²) in [6.45, 7) is 0.505. The number of ether oxygens (including phenoxy) is 1. The van der Waals surface area contributed by atoms with Gasteiger partial charge in [0.25, 0.3) is 5.91 Å². The number of nitrogens with zero attached hydrogens (tertiary/aromatic N) is 2. The number of rotatable bonds is 6. The molecule has 1 aromatic heterocycles. The van der Waals surface area contributed by atoms with E-state index in [1.165, 1.54) is 10.4 Å². The third-order valence-electron chi connectivity index (χ3n) is 5.41. The first kappa shape index (κ1) is 19.8. The lowest BCUT2D eigenvalue weighted by Gasteiger charge is -2.23. The van der Waals surface area contributed by atoms with Crippen LogP contribution in [0.5, 0.6) is 5.75 Å². The first-order valence-corrected chi connectivity index (χ1v) is 9.58. The molecule has 8 heteroatoms. The van der Waals surface area contributed by atoms with Gasteiger partial charge in [-0.05, 0) is 36.2 Å². The number of pyridine rings is 1. The lowest BCUT2D eigenvalue weighted by Crippen LogP contribution is -2.47. The molecule has 3 aromatic rings. The van der Waals surface area contributed by atoms with Crippen LogP contribution in [0.4, 0.5) is 0 Å². The predicted molar refractivity (Wildman–Crippen MR) is 110 cm³/mol. The standard InChI is InChI=1S/C22H22N4O4/c23-22(10-12-26(21(22)28)13-20(27)25-29)16-5-7-17(8-6-16)30-14-15-9-11-24-19-4-2-1-3-18(15)19/h1-9,11,29H,10,12-14,23H2,(H,25,27). The number of fused-ring (bicyclic) bond motifs is 1. The van der Waals surface area contributed by atoms with Gasteiger partial charge in [-0.2, -0.15) is 0 Å². The molecule has 0 aliphatic carbocycles. The summed E-state index contributed by atoms with van der Waals surface area (Å²) in [5.74, 6) is -0.340. The van der Waals surface area contributed by atoms with Crippen LogP contribution in [0.1, 0.15) is 17.5 Å². The zero-order chi connectivity index (χ0) is 21.1. The van der Waals surface area contributed by atoms with E-state index in [2.05, 4.69) is 4.98 Å². The Morgan fingerprint density at radius 1 is 1.20 bits per heavy atom. The van der Waals surface area contributed by atoms with Crippen molar-refractivity contribution in [3.8, 4) is 5.75 Å². The number of nitrogens with one attached hydrogen (secondary N) is 1. The van der Waals surface area contributed by atoms with Crippen molar-refractivity contribution in [3.05, 3.63) is 71.9 Å². The number of hydroxylamine groups is 1. The summed E-state index contributed by atoms with van der Waals surface area (Å²) in [6.07, 6.45) is 2.14. The van der Waals surface area contributed by atoms with Crippen LogP contribution >= 0.6 is 0 Å². The molecular weight excluding hydrogens is 384 g/mol. The van der Waals surface area contributed by atoms with Crippen LogP contribution in [0.15, 0.2) is 60.8 Å². The van der Waals surface area contributed by atoms with Gasteiger partial charge in [0.05, 0.1) is 5.52 Å². The number of carbonyl (C=O) groups is 2. The molecule has 0 saturated carbocycles. The average molecular weight is 406 g/mol. The van der Waals surface area contributed by atoms with Gasteiger partial charge in [0.1, 0.15) is 24.4 Å². The van der Waals surface area contributed by atoms with Gasteiger partial charge in [0.2, 0.25) is 5.91 Å². The second kappa shape index (κ2) is 8.10. The number of aromatic nitrogens is 1. The lowest BCUT2D eigenvalue weighted by atomic mass is 9.89. The molecule has 0 spiro atoms. The minimum absolute atomic E-state index is 0.227. The fraction of sp³-hybridized carbons (Fsp3) is 0.227. The average Bonchev–Trinajstić information content (AvgIpc) is 3.07. The van der Waals surface area contributed by atoms with E-state index in [4.69, 9.17) is 15.7 Å². The van der Waals surface area contributed by atoms with Gasteiger partial charge >= 0.3 is 0 Å². The fourth-order valence-electron chi connectivity index (χ4n) is 3.72. The van der Waals surface area contributed by atoms with Crippen molar-refractivity contribution in [2.24, 2.45) is 5.73 Å². The van der Waals surface area contributed by atoms with Gasteiger partial charge in [-0.3, -0.25) is 19.8 Å². The predicted octanol–water partition coefficient (Wildman–Crippen LogP) is 1.71. The highest BCUT2D eigenvalue weighted by atomic mass is 16.5. The van der Waals surface area contributed by atoms with Crippen LogP contribution in [-0.4, -0.2) is 40.0 Å². The van der Waals surface area contributed by atoms with Gasteiger partial charge in [-0.25, -0.2) is 5.48 Å². The maximum absolute atomic E-state index is 12.7.